The lowest BCUT2D eigenvalue weighted by Crippen LogP contribution is -2.27. The van der Waals surface area contributed by atoms with Gasteiger partial charge in [-0.15, -0.1) is 0 Å². The van der Waals surface area contributed by atoms with Gasteiger partial charge in [0.05, 0.1) is 0 Å². The third-order valence-corrected chi connectivity index (χ3v) is 2.87. The SMILES string of the molecule is CCCCCC(C)(C)Oc1ccc([S])cc1. The van der Waals surface area contributed by atoms with Gasteiger partial charge in [0.1, 0.15) is 11.4 Å². The van der Waals surface area contributed by atoms with E-state index in [1.165, 1.54) is 19.3 Å². The van der Waals surface area contributed by atoms with E-state index in [-0.39, 0.29) is 5.60 Å². The van der Waals surface area contributed by atoms with Crippen LogP contribution < -0.4 is 4.74 Å². The first-order chi connectivity index (χ1) is 7.53. The van der Waals surface area contributed by atoms with E-state index in [0.717, 1.165) is 17.1 Å². The standard InChI is InChI=1S/C14H21OS/c1-4-5-6-11-14(2,3)15-12-7-9-13(16)10-8-12/h7-10H,4-6,11H2,1-3H3. The molecule has 1 aromatic rings. The molecule has 0 aromatic heterocycles. The predicted molar refractivity (Wildman–Crippen MR) is 71.1 cm³/mol. The van der Waals surface area contributed by atoms with Crippen molar-refractivity contribution in [1.82, 2.24) is 0 Å². The number of unbranched alkanes of at least 4 members (excludes halogenated alkanes) is 2. The van der Waals surface area contributed by atoms with Crippen molar-refractivity contribution in [3.05, 3.63) is 24.3 Å². The van der Waals surface area contributed by atoms with E-state index in [4.69, 9.17) is 17.4 Å². The molecule has 1 rings (SSSR count). The van der Waals surface area contributed by atoms with Gasteiger partial charge in [-0.3, -0.25) is 0 Å². The van der Waals surface area contributed by atoms with Crippen molar-refractivity contribution in [3.8, 4) is 5.75 Å². The van der Waals surface area contributed by atoms with Crippen molar-refractivity contribution < 1.29 is 4.74 Å². The average Bonchev–Trinajstić information content (AvgIpc) is 2.21. The lowest BCUT2D eigenvalue weighted by Gasteiger charge is -2.26. The van der Waals surface area contributed by atoms with Gasteiger partial charge in [0.2, 0.25) is 0 Å². The molecule has 89 valence electrons. The first-order valence-corrected chi connectivity index (χ1v) is 6.40. The van der Waals surface area contributed by atoms with E-state index in [1.807, 2.05) is 24.3 Å². The maximum Gasteiger partial charge on any atom is 0.120 e. The van der Waals surface area contributed by atoms with Gasteiger partial charge in [-0.25, -0.2) is 0 Å². The average molecular weight is 237 g/mol. The van der Waals surface area contributed by atoms with E-state index in [9.17, 15) is 0 Å². The smallest absolute Gasteiger partial charge is 0.120 e. The summed E-state index contributed by atoms with van der Waals surface area (Å²) in [4.78, 5) is 0.858. The van der Waals surface area contributed by atoms with Crippen LogP contribution >= 0.6 is 12.6 Å². The van der Waals surface area contributed by atoms with Gasteiger partial charge in [0.25, 0.3) is 0 Å². The van der Waals surface area contributed by atoms with Crippen LogP contribution in [0.25, 0.3) is 0 Å². The molecule has 2 heteroatoms. The minimum atomic E-state index is -0.0852. The van der Waals surface area contributed by atoms with Crippen molar-refractivity contribution in [2.24, 2.45) is 0 Å². The summed E-state index contributed by atoms with van der Waals surface area (Å²) >= 11 is 5.04. The van der Waals surface area contributed by atoms with E-state index in [0.29, 0.717) is 0 Å². The highest BCUT2D eigenvalue weighted by atomic mass is 32.1. The Morgan fingerprint density at radius 1 is 1.12 bits per heavy atom. The molecule has 0 spiro atoms. The number of hydrogen-bond acceptors (Lipinski definition) is 1. The van der Waals surface area contributed by atoms with Crippen molar-refractivity contribution in [2.75, 3.05) is 0 Å². The topological polar surface area (TPSA) is 9.23 Å². The molecule has 16 heavy (non-hydrogen) atoms. The fraction of sp³-hybridized carbons (Fsp3) is 0.571. The van der Waals surface area contributed by atoms with Crippen molar-refractivity contribution >= 4 is 12.6 Å². The monoisotopic (exact) mass is 237 g/mol. The third kappa shape index (κ3) is 4.84. The molecule has 0 atom stereocenters. The fourth-order valence-electron chi connectivity index (χ4n) is 1.68. The number of rotatable bonds is 6. The molecule has 0 N–H and O–H groups in total. The summed E-state index contributed by atoms with van der Waals surface area (Å²) in [6.07, 6.45) is 4.84. The van der Waals surface area contributed by atoms with Crippen LogP contribution in [-0.4, -0.2) is 5.60 Å². The van der Waals surface area contributed by atoms with E-state index in [1.54, 1.807) is 0 Å². The normalized spacial score (nSPS) is 11.4. The summed E-state index contributed by atoms with van der Waals surface area (Å²) in [6, 6.07) is 7.72. The number of ether oxygens (including phenoxy) is 1. The van der Waals surface area contributed by atoms with Crippen LogP contribution in [0, 0.1) is 0 Å². The summed E-state index contributed by atoms with van der Waals surface area (Å²) in [7, 11) is 0. The second kappa shape index (κ2) is 6.09. The van der Waals surface area contributed by atoms with Crippen LogP contribution in [0.1, 0.15) is 46.5 Å². The second-order valence-corrected chi connectivity index (χ2v) is 5.26. The zero-order chi connectivity index (χ0) is 12.0. The molecule has 0 bridgehead atoms. The van der Waals surface area contributed by atoms with E-state index in [2.05, 4.69) is 20.8 Å². The Morgan fingerprint density at radius 3 is 2.31 bits per heavy atom. The first-order valence-electron chi connectivity index (χ1n) is 5.99. The summed E-state index contributed by atoms with van der Waals surface area (Å²) in [5.74, 6) is 0.912. The minimum Gasteiger partial charge on any atom is -0.488 e. The summed E-state index contributed by atoms with van der Waals surface area (Å²) in [6.45, 7) is 6.50. The largest absolute Gasteiger partial charge is 0.488 e. The molecule has 1 nitrogen and oxygen atoms in total. The van der Waals surface area contributed by atoms with Gasteiger partial charge in [0.15, 0.2) is 0 Å². The Labute approximate surface area is 105 Å². The fourth-order valence-corrected chi connectivity index (χ4v) is 1.81. The molecular formula is C14H21OS. The molecule has 0 saturated carbocycles. The molecule has 1 radical (unpaired) electrons. The van der Waals surface area contributed by atoms with Crippen LogP contribution in [0.3, 0.4) is 0 Å². The van der Waals surface area contributed by atoms with Crippen molar-refractivity contribution in [3.63, 3.8) is 0 Å². The molecule has 0 unspecified atom stereocenters. The third-order valence-electron chi connectivity index (χ3n) is 2.60. The first kappa shape index (κ1) is 13.3. The highest BCUT2D eigenvalue weighted by Crippen LogP contribution is 2.24. The van der Waals surface area contributed by atoms with Gasteiger partial charge in [-0.2, -0.15) is 0 Å². The molecule has 0 fully saturated rings. The van der Waals surface area contributed by atoms with Crippen LogP contribution in [0.5, 0.6) is 5.75 Å². The molecule has 0 heterocycles. The van der Waals surface area contributed by atoms with Gasteiger partial charge < -0.3 is 4.74 Å². The molecule has 1 aromatic carbocycles. The summed E-state index contributed by atoms with van der Waals surface area (Å²) < 4.78 is 5.96. The molecule has 0 aliphatic heterocycles. The Morgan fingerprint density at radius 2 is 1.75 bits per heavy atom. The lowest BCUT2D eigenvalue weighted by atomic mass is 10.0. The Kier molecular flexibility index (Phi) is 5.07. The minimum absolute atomic E-state index is 0.0852. The molecule has 0 amide bonds. The molecular weight excluding hydrogens is 216 g/mol. The summed E-state index contributed by atoms with van der Waals surface area (Å²) in [5.41, 5.74) is -0.0852. The maximum absolute atomic E-state index is 5.96. The summed E-state index contributed by atoms with van der Waals surface area (Å²) in [5, 5.41) is 0. The van der Waals surface area contributed by atoms with Crippen LogP contribution in [0.15, 0.2) is 29.2 Å². The van der Waals surface area contributed by atoms with Crippen molar-refractivity contribution in [1.29, 1.82) is 0 Å². The van der Waals surface area contributed by atoms with E-state index >= 15 is 0 Å². The quantitative estimate of drug-likeness (QED) is 0.634. The predicted octanol–water partition coefficient (Wildman–Crippen LogP) is 4.98. The Bertz CT molecular complexity index is 303. The molecule has 0 aliphatic carbocycles. The Balaban J connectivity index is 2.48. The van der Waals surface area contributed by atoms with Gasteiger partial charge in [0, 0.05) is 4.90 Å². The second-order valence-electron chi connectivity index (χ2n) is 4.79. The Hall–Kier alpha value is -0.760. The van der Waals surface area contributed by atoms with Gasteiger partial charge >= 0.3 is 0 Å². The highest BCUT2D eigenvalue weighted by molar-refractivity contribution is 7.80. The van der Waals surface area contributed by atoms with Crippen LogP contribution in [-0.2, 0) is 0 Å². The van der Waals surface area contributed by atoms with Crippen LogP contribution in [0.2, 0.25) is 0 Å². The number of hydrogen-bond donors (Lipinski definition) is 0. The lowest BCUT2D eigenvalue weighted by molar-refractivity contribution is 0.0962. The number of benzene rings is 1. The van der Waals surface area contributed by atoms with Gasteiger partial charge in [-0.05, 0) is 51.0 Å². The van der Waals surface area contributed by atoms with Gasteiger partial charge in [-0.1, -0.05) is 32.4 Å². The highest BCUT2D eigenvalue weighted by Gasteiger charge is 2.18. The molecule has 0 saturated heterocycles. The maximum atomic E-state index is 5.96. The molecule has 0 aliphatic rings. The van der Waals surface area contributed by atoms with Crippen LogP contribution in [0.4, 0.5) is 0 Å². The zero-order valence-electron chi connectivity index (χ0n) is 10.5. The van der Waals surface area contributed by atoms with Crippen molar-refractivity contribution in [2.45, 2.75) is 57.0 Å². The zero-order valence-corrected chi connectivity index (χ0v) is 11.3. The van der Waals surface area contributed by atoms with E-state index < -0.39 is 0 Å².